The first kappa shape index (κ1) is 17.6. The minimum atomic E-state index is 0.544. The molecule has 1 aliphatic heterocycles. The van der Waals surface area contributed by atoms with Crippen LogP contribution in [0.1, 0.15) is 31.5 Å². The maximum Gasteiger partial charge on any atom is 0.187 e. The molecule has 0 radical (unpaired) electrons. The van der Waals surface area contributed by atoms with Gasteiger partial charge in [-0.15, -0.1) is 22.7 Å². The third kappa shape index (κ3) is 3.74. The van der Waals surface area contributed by atoms with E-state index in [1.54, 1.807) is 22.7 Å². The van der Waals surface area contributed by atoms with Crippen molar-refractivity contribution < 1.29 is 9.64 Å². The molecule has 0 aromatic carbocycles. The largest absolute Gasteiger partial charge is 0.370 e. The third-order valence-corrected chi connectivity index (χ3v) is 7.35. The summed E-state index contributed by atoms with van der Waals surface area (Å²) in [6.07, 6.45) is 5.12. The first-order valence-electron chi connectivity index (χ1n) is 9.86. The van der Waals surface area contributed by atoms with Crippen molar-refractivity contribution in [3.8, 4) is 10.4 Å². The van der Waals surface area contributed by atoms with Gasteiger partial charge in [-0.1, -0.05) is 18.9 Å². The fourth-order valence-corrected chi connectivity index (χ4v) is 5.89. The molecule has 3 aromatic rings. The van der Waals surface area contributed by atoms with Crippen LogP contribution in [0.3, 0.4) is 0 Å². The van der Waals surface area contributed by atoms with Gasteiger partial charge in [0.05, 0.1) is 18.6 Å². The Balaban J connectivity index is 1.53. The van der Waals surface area contributed by atoms with Crippen LogP contribution in [0.4, 0.5) is 5.82 Å². The van der Waals surface area contributed by atoms with Gasteiger partial charge < -0.3 is 15.0 Å². The van der Waals surface area contributed by atoms with E-state index in [0.29, 0.717) is 6.04 Å². The van der Waals surface area contributed by atoms with E-state index in [4.69, 9.17) is 14.7 Å². The summed E-state index contributed by atoms with van der Waals surface area (Å²) in [6.45, 7) is 4.64. The van der Waals surface area contributed by atoms with Crippen molar-refractivity contribution in [2.24, 2.45) is 0 Å². The SMILES string of the molecule is c1csc(-c2csc3nc(C[NH+]4CCOCC4)nc(NC4CCCC4)c23)c1. The molecule has 0 unspecified atom stereocenters. The van der Waals surface area contributed by atoms with Gasteiger partial charge in [-0.05, 0) is 24.3 Å². The molecule has 5 rings (SSSR count). The average molecular weight is 402 g/mol. The minimum Gasteiger partial charge on any atom is -0.370 e. The Kier molecular flexibility index (Phi) is 5.09. The van der Waals surface area contributed by atoms with E-state index in [2.05, 4.69) is 28.2 Å². The Bertz CT molecular complexity index is 896. The van der Waals surface area contributed by atoms with Gasteiger partial charge in [0, 0.05) is 21.9 Å². The van der Waals surface area contributed by atoms with Crippen molar-refractivity contribution in [1.29, 1.82) is 0 Å². The zero-order valence-electron chi connectivity index (χ0n) is 15.4. The average Bonchev–Trinajstić information content (AvgIpc) is 3.44. The van der Waals surface area contributed by atoms with Crippen LogP contribution in [0.2, 0.25) is 0 Å². The number of morpholine rings is 1. The van der Waals surface area contributed by atoms with E-state index >= 15 is 0 Å². The quantitative estimate of drug-likeness (QED) is 0.689. The van der Waals surface area contributed by atoms with Crippen molar-refractivity contribution >= 4 is 38.7 Å². The Morgan fingerprint density at radius 3 is 2.78 bits per heavy atom. The standard InChI is InChI=1S/C20H24N4OS2/c1-2-5-14(4-1)21-19-18-15(16-6-3-11-26-16)13-27-20(18)23-17(22-19)12-24-7-9-25-10-8-24/h3,6,11,13-14H,1-2,4-5,7-10,12H2,(H,21,22,23)/p+1. The van der Waals surface area contributed by atoms with E-state index in [1.807, 2.05) is 0 Å². The molecule has 0 bridgehead atoms. The summed E-state index contributed by atoms with van der Waals surface area (Å²) in [6, 6.07) is 4.85. The summed E-state index contributed by atoms with van der Waals surface area (Å²) < 4.78 is 5.49. The molecule has 7 heteroatoms. The molecule has 0 spiro atoms. The highest BCUT2D eigenvalue weighted by Crippen LogP contribution is 2.39. The van der Waals surface area contributed by atoms with Gasteiger partial charge in [-0.2, -0.15) is 0 Å². The first-order valence-corrected chi connectivity index (χ1v) is 11.6. The number of hydrogen-bond donors (Lipinski definition) is 2. The molecule has 1 saturated heterocycles. The second-order valence-electron chi connectivity index (χ2n) is 7.46. The fourth-order valence-electron chi connectivity index (χ4n) is 4.11. The van der Waals surface area contributed by atoms with Crippen molar-refractivity contribution in [2.75, 3.05) is 31.6 Å². The second kappa shape index (κ2) is 7.83. The summed E-state index contributed by atoms with van der Waals surface area (Å²) in [5.41, 5.74) is 1.27. The molecule has 27 heavy (non-hydrogen) atoms. The molecule has 0 atom stereocenters. The molecular weight excluding hydrogens is 376 g/mol. The molecule has 2 fully saturated rings. The van der Waals surface area contributed by atoms with Crippen LogP contribution in [-0.2, 0) is 11.3 Å². The molecule has 142 valence electrons. The second-order valence-corrected chi connectivity index (χ2v) is 9.27. The lowest BCUT2D eigenvalue weighted by Gasteiger charge is -2.23. The van der Waals surface area contributed by atoms with Crippen LogP contribution in [0.5, 0.6) is 0 Å². The lowest BCUT2D eigenvalue weighted by molar-refractivity contribution is -0.922. The Morgan fingerprint density at radius 2 is 2.00 bits per heavy atom. The lowest BCUT2D eigenvalue weighted by atomic mass is 10.1. The Morgan fingerprint density at radius 1 is 1.15 bits per heavy atom. The summed E-state index contributed by atoms with van der Waals surface area (Å²) >= 11 is 3.53. The van der Waals surface area contributed by atoms with Gasteiger partial charge in [0.1, 0.15) is 30.3 Å². The van der Waals surface area contributed by atoms with Crippen molar-refractivity contribution in [3.63, 3.8) is 0 Å². The number of nitrogens with zero attached hydrogens (tertiary/aromatic N) is 2. The highest BCUT2D eigenvalue weighted by atomic mass is 32.1. The number of fused-ring (bicyclic) bond motifs is 1. The fraction of sp³-hybridized carbons (Fsp3) is 0.500. The zero-order chi connectivity index (χ0) is 18.1. The van der Waals surface area contributed by atoms with Crippen LogP contribution in [0.25, 0.3) is 20.7 Å². The minimum absolute atomic E-state index is 0.544. The van der Waals surface area contributed by atoms with Gasteiger partial charge in [0.2, 0.25) is 0 Å². The number of ether oxygens (including phenoxy) is 1. The number of quaternary nitrogens is 1. The van der Waals surface area contributed by atoms with Crippen LogP contribution in [0, 0.1) is 0 Å². The summed E-state index contributed by atoms with van der Waals surface area (Å²) in [4.78, 5) is 13.9. The molecule has 1 aliphatic carbocycles. The highest BCUT2D eigenvalue weighted by molar-refractivity contribution is 7.18. The summed E-state index contributed by atoms with van der Waals surface area (Å²) in [5.74, 6) is 2.00. The first-order chi connectivity index (χ1) is 13.4. The number of nitrogens with one attached hydrogen (secondary N) is 2. The van der Waals surface area contributed by atoms with Gasteiger partial charge in [-0.3, -0.25) is 0 Å². The van der Waals surface area contributed by atoms with Crippen molar-refractivity contribution in [3.05, 3.63) is 28.7 Å². The number of aromatic nitrogens is 2. The van der Waals surface area contributed by atoms with Gasteiger partial charge in [0.25, 0.3) is 0 Å². The maximum atomic E-state index is 5.49. The Labute approximate surface area is 167 Å². The number of rotatable bonds is 5. The number of hydrogen-bond acceptors (Lipinski definition) is 6. The van der Waals surface area contributed by atoms with E-state index in [9.17, 15) is 0 Å². The monoisotopic (exact) mass is 401 g/mol. The van der Waals surface area contributed by atoms with Crippen LogP contribution in [0.15, 0.2) is 22.9 Å². The topological polar surface area (TPSA) is 51.5 Å². The summed E-state index contributed by atoms with van der Waals surface area (Å²) in [7, 11) is 0. The normalized spacial score (nSPS) is 19.1. The molecule has 4 heterocycles. The van der Waals surface area contributed by atoms with Crippen molar-refractivity contribution in [2.45, 2.75) is 38.3 Å². The lowest BCUT2D eigenvalue weighted by Crippen LogP contribution is -3.12. The third-order valence-electron chi connectivity index (χ3n) is 5.57. The van der Waals surface area contributed by atoms with E-state index in [-0.39, 0.29) is 0 Å². The van der Waals surface area contributed by atoms with Gasteiger partial charge >= 0.3 is 0 Å². The van der Waals surface area contributed by atoms with E-state index in [0.717, 1.165) is 49.3 Å². The van der Waals surface area contributed by atoms with E-state index in [1.165, 1.54) is 46.4 Å². The van der Waals surface area contributed by atoms with Crippen LogP contribution >= 0.6 is 22.7 Å². The predicted octanol–water partition coefficient (Wildman–Crippen LogP) is 3.19. The highest BCUT2D eigenvalue weighted by Gasteiger charge is 2.22. The van der Waals surface area contributed by atoms with Crippen LogP contribution in [-0.4, -0.2) is 42.3 Å². The molecule has 1 saturated carbocycles. The van der Waals surface area contributed by atoms with Crippen LogP contribution < -0.4 is 10.2 Å². The van der Waals surface area contributed by atoms with Crippen molar-refractivity contribution in [1.82, 2.24) is 9.97 Å². The molecule has 2 aliphatic rings. The smallest absolute Gasteiger partial charge is 0.187 e. The molecule has 5 nitrogen and oxygen atoms in total. The summed E-state index contributed by atoms with van der Waals surface area (Å²) in [5, 5.41) is 9.37. The molecule has 2 N–H and O–H groups in total. The number of thiophene rings is 2. The maximum absolute atomic E-state index is 5.49. The predicted molar refractivity (Wildman–Crippen MR) is 112 cm³/mol. The molecule has 3 aromatic heterocycles. The zero-order valence-corrected chi connectivity index (χ0v) is 17.0. The van der Waals surface area contributed by atoms with Gasteiger partial charge in [-0.25, -0.2) is 9.97 Å². The number of anilines is 1. The van der Waals surface area contributed by atoms with E-state index < -0.39 is 0 Å². The molecule has 0 amide bonds. The molecular formula is C20H25N4OS2+. The van der Waals surface area contributed by atoms with Gasteiger partial charge in [0.15, 0.2) is 5.82 Å². The Hall–Kier alpha value is -1.54.